The van der Waals surface area contributed by atoms with Gasteiger partial charge in [-0.05, 0) is 24.8 Å². The van der Waals surface area contributed by atoms with Crippen LogP contribution in [0.15, 0.2) is 16.3 Å². The monoisotopic (exact) mass is 317 g/mol. The van der Waals surface area contributed by atoms with Crippen LogP contribution in [0, 0.1) is 5.92 Å². The van der Waals surface area contributed by atoms with Gasteiger partial charge in [-0.3, -0.25) is 0 Å². The van der Waals surface area contributed by atoms with Crippen molar-refractivity contribution in [3.05, 3.63) is 16.3 Å². The lowest BCUT2D eigenvalue weighted by Crippen LogP contribution is -2.38. The highest BCUT2D eigenvalue weighted by Gasteiger charge is 2.30. The summed E-state index contributed by atoms with van der Waals surface area (Å²) in [6.07, 6.45) is 4.06. The maximum Gasteiger partial charge on any atom is 0.345 e. The van der Waals surface area contributed by atoms with E-state index in [0.29, 0.717) is 19.0 Å². The molecule has 1 fully saturated rings. The smallest absolute Gasteiger partial charge is 0.345 e. The summed E-state index contributed by atoms with van der Waals surface area (Å²) < 4.78 is 26.3. The maximum absolute atomic E-state index is 12.4. The molecule has 2 heterocycles. The molecule has 0 unspecified atom stereocenters. The number of rotatable bonds is 5. The van der Waals surface area contributed by atoms with Crippen LogP contribution in [-0.4, -0.2) is 36.9 Å². The molecule has 0 atom stereocenters. The van der Waals surface area contributed by atoms with E-state index in [1.807, 2.05) is 0 Å². The first-order valence-electron chi connectivity index (χ1n) is 6.77. The van der Waals surface area contributed by atoms with Crippen LogP contribution in [-0.2, 0) is 10.0 Å². The van der Waals surface area contributed by atoms with Crippen molar-refractivity contribution in [2.24, 2.45) is 5.92 Å². The molecule has 0 aromatic carbocycles. The molecule has 0 aliphatic carbocycles. The maximum atomic E-state index is 12.4. The highest BCUT2D eigenvalue weighted by Crippen LogP contribution is 2.28. The number of carbonyl (C=O) groups is 1. The Bertz CT molecular complexity index is 571. The average molecular weight is 317 g/mol. The van der Waals surface area contributed by atoms with Crippen LogP contribution in [0.25, 0.3) is 0 Å². The van der Waals surface area contributed by atoms with Gasteiger partial charge in [-0.25, -0.2) is 13.2 Å². The number of carboxylic acid groups (broad SMARTS) is 1. The second-order valence-corrected chi connectivity index (χ2v) is 7.94. The molecule has 0 bridgehead atoms. The SMILES string of the molecule is CCCC1CCN(S(=O)(=O)c2csc(C(=O)O)c2)CC1. The molecular weight excluding hydrogens is 298 g/mol. The molecule has 0 radical (unpaired) electrons. The van der Waals surface area contributed by atoms with E-state index in [2.05, 4.69) is 6.92 Å². The van der Waals surface area contributed by atoms with Crippen LogP contribution in [0.4, 0.5) is 0 Å². The molecule has 112 valence electrons. The van der Waals surface area contributed by atoms with Gasteiger partial charge in [0.15, 0.2) is 0 Å². The fourth-order valence-corrected chi connectivity index (χ4v) is 5.13. The number of thiophene rings is 1. The van der Waals surface area contributed by atoms with Crippen LogP contribution in [0.5, 0.6) is 0 Å². The van der Waals surface area contributed by atoms with Gasteiger partial charge in [0.1, 0.15) is 4.88 Å². The Morgan fingerprint density at radius 3 is 2.60 bits per heavy atom. The van der Waals surface area contributed by atoms with Crippen molar-refractivity contribution in [3.8, 4) is 0 Å². The molecule has 1 aromatic rings. The van der Waals surface area contributed by atoms with Gasteiger partial charge >= 0.3 is 5.97 Å². The normalized spacial score (nSPS) is 18.2. The Labute approximate surface area is 123 Å². The first kappa shape index (κ1) is 15.5. The van der Waals surface area contributed by atoms with E-state index in [0.717, 1.165) is 37.0 Å². The Kier molecular flexibility index (Phi) is 4.82. The predicted molar refractivity (Wildman–Crippen MR) is 77.7 cm³/mol. The Morgan fingerprint density at radius 1 is 1.45 bits per heavy atom. The summed E-state index contributed by atoms with van der Waals surface area (Å²) >= 11 is 0.952. The Morgan fingerprint density at radius 2 is 2.10 bits per heavy atom. The standard InChI is InChI=1S/C13H19NO4S2/c1-2-3-10-4-6-14(7-5-10)20(17,18)11-8-12(13(15)16)19-9-11/h8-10H,2-7H2,1H3,(H,15,16). The molecule has 2 rings (SSSR count). The third-order valence-electron chi connectivity index (χ3n) is 3.69. The molecule has 5 nitrogen and oxygen atoms in total. The number of hydrogen-bond donors (Lipinski definition) is 1. The molecular formula is C13H19NO4S2. The van der Waals surface area contributed by atoms with E-state index in [-0.39, 0.29) is 9.77 Å². The lowest BCUT2D eigenvalue weighted by molar-refractivity contribution is 0.0702. The van der Waals surface area contributed by atoms with Crippen molar-refractivity contribution >= 4 is 27.3 Å². The molecule has 0 spiro atoms. The van der Waals surface area contributed by atoms with Gasteiger partial charge in [0.25, 0.3) is 0 Å². The Balaban J connectivity index is 2.09. The Hall–Kier alpha value is -0.920. The summed E-state index contributed by atoms with van der Waals surface area (Å²) in [5.41, 5.74) is 0. The quantitative estimate of drug-likeness (QED) is 0.906. The molecule has 1 saturated heterocycles. The second kappa shape index (κ2) is 6.24. The molecule has 1 N–H and O–H groups in total. The fraction of sp³-hybridized carbons (Fsp3) is 0.615. The van der Waals surface area contributed by atoms with Crippen LogP contribution in [0.1, 0.15) is 42.3 Å². The van der Waals surface area contributed by atoms with Crippen LogP contribution < -0.4 is 0 Å². The summed E-state index contributed by atoms with van der Waals surface area (Å²) in [5, 5.41) is 10.3. The summed E-state index contributed by atoms with van der Waals surface area (Å²) in [6.45, 7) is 3.21. The highest BCUT2D eigenvalue weighted by atomic mass is 32.2. The third kappa shape index (κ3) is 3.21. The van der Waals surface area contributed by atoms with Gasteiger partial charge in [0.05, 0.1) is 4.90 Å². The van der Waals surface area contributed by atoms with E-state index >= 15 is 0 Å². The first-order chi connectivity index (χ1) is 9.45. The van der Waals surface area contributed by atoms with Crippen molar-refractivity contribution < 1.29 is 18.3 Å². The minimum atomic E-state index is -3.53. The predicted octanol–water partition coefficient (Wildman–Crippen LogP) is 2.65. The summed E-state index contributed by atoms with van der Waals surface area (Å²) in [7, 11) is -3.53. The lowest BCUT2D eigenvalue weighted by atomic mass is 9.94. The van der Waals surface area contributed by atoms with Crippen LogP contribution in [0.3, 0.4) is 0 Å². The van der Waals surface area contributed by atoms with Gasteiger partial charge in [-0.2, -0.15) is 4.31 Å². The second-order valence-electron chi connectivity index (χ2n) is 5.09. The van der Waals surface area contributed by atoms with E-state index < -0.39 is 16.0 Å². The van der Waals surface area contributed by atoms with Gasteiger partial charge < -0.3 is 5.11 Å². The summed E-state index contributed by atoms with van der Waals surface area (Å²) in [6, 6.07) is 1.25. The van der Waals surface area contributed by atoms with E-state index in [1.54, 1.807) is 0 Å². The fourth-order valence-electron chi connectivity index (χ4n) is 2.56. The van der Waals surface area contributed by atoms with Gasteiger partial charge in [-0.1, -0.05) is 19.8 Å². The number of sulfonamides is 1. The molecule has 1 aliphatic rings. The van der Waals surface area contributed by atoms with E-state index in [4.69, 9.17) is 5.11 Å². The number of carboxylic acids is 1. The van der Waals surface area contributed by atoms with Gasteiger partial charge in [0, 0.05) is 18.5 Å². The van der Waals surface area contributed by atoms with Crippen molar-refractivity contribution in [1.82, 2.24) is 4.31 Å². The number of aromatic carboxylic acids is 1. The topological polar surface area (TPSA) is 74.7 Å². The van der Waals surface area contributed by atoms with Crippen molar-refractivity contribution in [3.63, 3.8) is 0 Å². The molecule has 1 aromatic heterocycles. The molecule has 7 heteroatoms. The molecule has 1 aliphatic heterocycles. The lowest BCUT2D eigenvalue weighted by Gasteiger charge is -2.30. The van der Waals surface area contributed by atoms with Crippen molar-refractivity contribution in [1.29, 1.82) is 0 Å². The van der Waals surface area contributed by atoms with Crippen LogP contribution >= 0.6 is 11.3 Å². The number of hydrogen-bond acceptors (Lipinski definition) is 4. The highest BCUT2D eigenvalue weighted by molar-refractivity contribution is 7.89. The van der Waals surface area contributed by atoms with Gasteiger partial charge in [-0.15, -0.1) is 11.3 Å². The zero-order chi connectivity index (χ0) is 14.8. The van der Waals surface area contributed by atoms with Crippen molar-refractivity contribution in [2.45, 2.75) is 37.5 Å². The van der Waals surface area contributed by atoms with E-state index in [1.165, 1.54) is 15.8 Å². The van der Waals surface area contributed by atoms with E-state index in [9.17, 15) is 13.2 Å². The zero-order valence-corrected chi connectivity index (χ0v) is 13.0. The first-order valence-corrected chi connectivity index (χ1v) is 9.09. The number of nitrogens with zero attached hydrogens (tertiary/aromatic N) is 1. The summed E-state index contributed by atoms with van der Waals surface area (Å²) in [5.74, 6) is -0.471. The molecule has 0 amide bonds. The molecule has 0 saturated carbocycles. The average Bonchev–Trinajstić information content (AvgIpc) is 2.90. The minimum Gasteiger partial charge on any atom is -0.477 e. The zero-order valence-electron chi connectivity index (χ0n) is 11.4. The van der Waals surface area contributed by atoms with Crippen LogP contribution in [0.2, 0.25) is 0 Å². The van der Waals surface area contributed by atoms with Gasteiger partial charge in [0.2, 0.25) is 10.0 Å². The largest absolute Gasteiger partial charge is 0.477 e. The third-order valence-corrected chi connectivity index (χ3v) is 6.64. The summed E-state index contributed by atoms with van der Waals surface area (Å²) in [4.78, 5) is 11.0. The molecule has 20 heavy (non-hydrogen) atoms. The number of piperidine rings is 1. The minimum absolute atomic E-state index is 0.0597. The van der Waals surface area contributed by atoms with Crippen molar-refractivity contribution in [2.75, 3.05) is 13.1 Å².